The lowest BCUT2D eigenvalue weighted by Gasteiger charge is -2.32. The van der Waals surface area contributed by atoms with Gasteiger partial charge in [-0.05, 0) is 68.2 Å². The van der Waals surface area contributed by atoms with Gasteiger partial charge in [-0.15, -0.1) is 0 Å². The third-order valence-electron chi connectivity index (χ3n) is 4.89. The van der Waals surface area contributed by atoms with Crippen LogP contribution in [0, 0.1) is 13.8 Å². The fraction of sp³-hybridized carbons (Fsp3) is 0.400. The fourth-order valence-corrected chi connectivity index (χ4v) is 3.46. The predicted molar refractivity (Wildman–Crippen MR) is 108 cm³/mol. The molecular formula is C20H26N4S. The first-order valence-electron chi connectivity index (χ1n) is 8.88. The topological polar surface area (TPSA) is 40.2 Å². The van der Waals surface area contributed by atoms with E-state index in [-0.39, 0.29) is 0 Å². The monoisotopic (exact) mass is 354 g/mol. The van der Waals surface area contributed by atoms with Gasteiger partial charge in [0.1, 0.15) is 0 Å². The van der Waals surface area contributed by atoms with E-state index in [4.69, 9.17) is 12.2 Å². The van der Waals surface area contributed by atoms with Gasteiger partial charge in [-0.1, -0.05) is 18.2 Å². The molecule has 2 heterocycles. The fourth-order valence-electron chi connectivity index (χ4n) is 3.19. The van der Waals surface area contributed by atoms with E-state index in [0.717, 1.165) is 49.0 Å². The molecule has 4 nitrogen and oxygen atoms in total. The van der Waals surface area contributed by atoms with Crippen molar-refractivity contribution in [1.82, 2.24) is 15.2 Å². The average molecular weight is 355 g/mol. The molecule has 0 spiro atoms. The zero-order chi connectivity index (χ0) is 17.6. The highest BCUT2D eigenvalue weighted by atomic mass is 32.1. The number of aryl methyl sites for hydroxylation is 1. The quantitative estimate of drug-likeness (QED) is 0.820. The van der Waals surface area contributed by atoms with Gasteiger partial charge >= 0.3 is 0 Å². The summed E-state index contributed by atoms with van der Waals surface area (Å²) in [5.41, 5.74) is 4.75. The van der Waals surface area contributed by atoms with Gasteiger partial charge in [-0.2, -0.15) is 0 Å². The van der Waals surface area contributed by atoms with Crippen LogP contribution in [0.3, 0.4) is 0 Å². The first-order valence-corrected chi connectivity index (χ1v) is 9.28. The average Bonchev–Trinajstić information content (AvgIpc) is 2.62. The third-order valence-corrected chi connectivity index (χ3v) is 5.11. The summed E-state index contributed by atoms with van der Waals surface area (Å²) in [6.45, 7) is 7.31. The van der Waals surface area contributed by atoms with Gasteiger partial charge in [0.05, 0.1) is 5.69 Å². The summed E-state index contributed by atoms with van der Waals surface area (Å²) in [5.74, 6) is 0. The molecule has 1 aromatic carbocycles. The molecule has 25 heavy (non-hydrogen) atoms. The van der Waals surface area contributed by atoms with Crippen LogP contribution in [0.2, 0.25) is 0 Å². The second kappa shape index (κ2) is 8.41. The molecule has 0 atom stereocenters. The number of hydrogen-bond acceptors (Lipinski definition) is 3. The normalized spacial score (nSPS) is 15.8. The van der Waals surface area contributed by atoms with Crippen molar-refractivity contribution in [3.63, 3.8) is 0 Å². The Morgan fingerprint density at radius 1 is 1.16 bits per heavy atom. The second-order valence-corrected chi connectivity index (χ2v) is 7.13. The minimum atomic E-state index is 0.435. The molecule has 1 aliphatic rings. The minimum Gasteiger partial charge on any atom is -0.360 e. The number of piperidine rings is 1. The Morgan fingerprint density at radius 2 is 1.96 bits per heavy atom. The van der Waals surface area contributed by atoms with Crippen molar-refractivity contribution in [1.29, 1.82) is 0 Å². The van der Waals surface area contributed by atoms with E-state index < -0.39 is 0 Å². The minimum absolute atomic E-state index is 0.435. The Bertz CT molecular complexity index is 709. The number of nitrogens with one attached hydrogen (secondary N) is 2. The Kier molecular flexibility index (Phi) is 6.00. The van der Waals surface area contributed by atoms with Crippen molar-refractivity contribution in [2.45, 2.75) is 39.3 Å². The van der Waals surface area contributed by atoms with Crippen LogP contribution >= 0.6 is 12.2 Å². The number of anilines is 1. The van der Waals surface area contributed by atoms with E-state index in [9.17, 15) is 0 Å². The van der Waals surface area contributed by atoms with Gasteiger partial charge in [0.15, 0.2) is 5.11 Å². The number of rotatable bonds is 4. The molecule has 2 aromatic rings. The van der Waals surface area contributed by atoms with Gasteiger partial charge < -0.3 is 10.6 Å². The van der Waals surface area contributed by atoms with Crippen molar-refractivity contribution in [3.05, 3.63) is 59.4 Å². The Hall–Kier alpha value is -1.98. The van der Waals surface area contributed by atoms with Crippen LogP contribution < -0.4 is 10.6 Å². The van der Waals surface area contributed by atoms with Gasteiger partial charge in [0, 0.05) is 37.6 Å². The first kappa shape index (κ1) is 17.8. The molecule has 0 amide bonds. The zero-order valence-electron chi connectivity index (χ0n) is 15.0. The Labute approximate surface area is 155 Å². The maximum Gasteiger partial charge on any atom is 0.171 e. The van der Waals surface area contributed by atoms with Gasteiger partial charge in [0.2, 0.25) is 0 Å². The first-order chi connectivity index (χ1) is 12.1. The summed E-state index contributed by atoms with van der Waals surface area (Å²) in [6, 6.07) is 12.8. The van der Waals surface area contributed by atoms with Crippen molar-refractivity contribution in [2.75, 3.05) is 18.4 Å². The zero-order valence-corrected chi connectivity index (χ0v) is 15.8. The summed E-state index contributed by atoms with van der Waals surface area (Å²) < 4.78 is 0. The number of benzene rings is 1. The van der Waals surface area contributed by atoms with E-state index in [2.05, 4.69) is 58.6 Å². The van der Waals surface area contributed by atoms with Crippen LogP contribution in [-0.2, 0) is 6.54 Å². The highest BCUT2D eigenvalue weighted by Crippen LogP contribution is 2.18. The van der Waals surface area contributed by atoms with Gasteiger partial charge in [0.25, 0.3) is 0 Å². The summed E-state index contributed by atoms with van der Waals surface area (Å²) >= 11 is 5.51. The summed E-state index contributed by atoms with van der Waals surface area (Å²) in [6.07, 6.45) is 4.06. The molecule has 0 unspecified atom stereocenters. The maximum atomic E-state index is 5.51. The molecule has 1 saturated heterocycles. The van der Waals surface area contributed by atoms with E-state index in [1.54, 1.807) is 0 Å². The second-order valence-electron chi connectivity index (χ2n) is 6.72. The maximum absolute atomic E-state index is 5.51. The number of pyridine rings is 1. The lowest BCUT2D eigenvalue weighted by Crippen LogP contribution is -2.45. The molecule has 132 valence electrons. The standard InChI is InChI=1S/C20H26N4S/c1-15-6-5-8-19(16(15)2)23-20(25)22-17-9-12-24(13-10-17)14-18-7-3-4-11-21-18/h3-8,11,17H,9-10,12-14H2,1-2H3,(H2,22,23,25). The van der Waals surface area contributed by atoms with Gasteiger partial charge in [-0.25, -0.2) is 0 Å². The van der Waals surface area contributed by atoms with Crippen molar-refractivity contribution < 1.29 is 0 Å². The van der Waals surface area contributed by atoms with Gasteiger partial charge in [-0.3, -0.25) is 9.88 Å². The molecule has 5 heteroatoms. The van der Waals surface area contributed by atoms with Crippen LogP contribution in [0.1, 0.15) is 29.7 Å². The molecule has 1 aromatic heterocycles. The highest BCUT2D eigenvalue weighted by molar-refractivity contribution is 7.80. The van der Waals surface area contributed by atoms with Crippen molar-refractivity contribution in [2.24, 2.45) is 0 Å². The Balaban J connectivity index is 1.45. The Morgan fingerprint density at radius 3 is 2.68 bits per heavy atom. The predicted octanol–water partition coefficient (Wildman–Crippen LogP) is 3.65. The number of aromatic nitrogens is 1. The van der Waals surface area contributed by atoms with Crippen LogP contribution in [0.15, 0.2) is 42.6 Å². The summed E-state index contributed by atoms with van der Waals surface area (Å²) in [4.78, 5) is 6.87. The third kappa shape index (κ3) is 5.00. The number of hydrogen-bond donors (Lipinski definition) is 2. The molecule has 3 rings (SSSR count). The van der Waals surface area contributed by atoms with Crippen molar-refractivity contribution in [3.8, 4) is 0 Å². The lowest BCUT2D eigenvalue weighted by molar-refractivity contribution is 0.197. The molecule has 1 fully saturated rings. The molecule has 0 aliphatic carbocycles. The molecule has 0 bridgehead atoms. The van der Waals surface area contributed by atoms with E-state index in [1.807, 2.05) is 18.3 Å². The highest BCUT2D eigenvalue weighted by Gasteiger charge is 2.20. The molecule has 0 saturated carbocycles. The van der Waals surface area contributed by atoms with E-state index >= 15 is 0 Å². The van der Waals surface area contributed by atoms with E-state index in [1.165, 1.54) is 11.1 Å². The summed E-state index contributed by atoms with van der Waals surface area (Å²) in [7, 11) is 0. The van der Waals surface area contributed by atoms with Crippen molar-refractivity contribution >= 4 is 23.0 Å². The molecule has 0 radical (unpaired) electrons. The number of nitrogens with zero attached hydrogens (tertiary/aromatic N) is 2. The SMILES string of the molecule is Cc1cccc(NC(=S)NC2CCN(Cc3ccccn3)CC2)c1C. The van der Waals surface area contributed by atoms with Crippen LogP contribution in [0.5, 0.6) is 0 Å². The van der Waals surface area contributed by atoms with Crippen LogP contribution in [-0.4, -0.2) is 34.1 Å². The molecule has 1 aliphatic heterocycles. The molecular weight excluding hydrogens is 328 g/mol. The van der Waals surface area contributed by atoms with Crippen LogP contribution in [0.4, 0.5) is 5.69 Å². The lowest BCUT2D eigenvalue weighted by atomic mass is 10.0. The summed E-state index contributed by atoms with van der Waals surface area (Å²) in [5, 5.41) is 7.54. The number of likely N-dealkylation sites (tertiary alicyclic amines) is 1. The van der Waals surface area contributed by atoms with Crippen LogP contribution in [0.25, 0.3) is 0 Å². The largest absolute Gasteiger partial charge is 0.360 e. The number of thiocarbonyl (C=S) groups is 1. The molecule has 2 N–H and O–H groups in total. The smallest absolute Gasteiger partial charge is 0.171 e. The van der Waals surface area contributed by atoms with E-state index in [0.29, 0.717) is 6.04 Å².